The van der Waals surface area contributed by atoms with Crippen LogP contribution in [0.1, 0.15) is 30.5 Å². The van der Waals surface area contributed by atoms with Gasteiger partial charge in [0.05, 0.1) is 22.8 Å². The van der Waals surface area contributed by atoms with E-state index < -0.39 is 0 Å². The third-order valence-electron chi connectivity index (χ3n) is 11.0. The number of nitriles is 1. The SMILES string of the molecule is CC1(C)c2cc(C#N)ccc2-c2ccc(-c3cccc(-c4ccc5cc6c(cc5c4)c(-c4ccccc4)nc4cc5ccccc5cc46)c3)cc21. The smallest absolute Gasteiger partial charge is 0.0991 e. The van der Waals surface area contributed by atoms with Crippen LogP contribution in [-0.2, 0) is 5.41 Å². The Morgan fingerprint density at radius 1 is 0.451 bits per heavy atom. The Kier molecular flexibility index (Phi) is 6.32. The zero-order valence-corrected chi connectivity index (χ0v) is 28.4. The van der Waals surface area contributed by atoms with Crippen molar-refractivity contribution in [3.8, 4) is 50.7 Å². The first-order chi connectivity index (χ1) is 24.9. The highest BCUT2D eigenvalue weighted by molar-refractivity contribution is 6.17. The highest BCUT2D eigenvalue weighted by Crippen LogP contribution is 2.50. The van der Waals surface area contributed by atoms with Crippen molar-refractivity contribution in [1.29, 1.82) is 5.26 Å². The van der Waals surface area contributed by atoms with Crippen molar-refractivity contribution >= 4 is 43.2 Å². The number of pyridine rings is 1. The van der Waals surface area contributed by atoms with E-state index >= 15 is 0 Å². The van der Waals surface area contributed by atoms with Crippen LogP contribution in [0.15, 0.2) is 158 Å². The molecule has 0 saturated heterocycles. The molecule has 0 amide bonds. The van der Waals surface area contributed by atoms with E-state index in [1.807, 2.05) is 6.07 Å². The predicted octanol–water partition coefficient (Wildman–Crippen LogP) is 12.9. The number of hydrogen-bond donors (Lipinski definition) is 0. The van der Waals surface area contributed by atoms with Crippen LogP contribution in [0.2, 0.25) is 0 Å². The third kappa shape index (κ3) is 4.59. The number of fused-ring (bicyclic) bond motifs is 8. The van der Waals surface area contributed by atoms with Crippen LogP contribution in [0, 0.1) is 11.3 Å². The van der Waals surface area contributed by atoms with Crippen molar-refractivity contribution < 1.29 is 0 Å². The Hall–Kier alpha value is -6.56. The summed E-state index contributed by atoms with van der Waals surface area (Å²) in [5.41, 5.74) is 13.4. The molecule has 2 nitrogen and oxygen atoms in total. The summed E-state index contributed by atoms with van der Waals surface area (Å²) in [6.45, 7) is 4.53. The molecule has 51 heavy (non-hydrogen) atoms. The van der Waals surface area contributed by atoms with Gasteiger partial charge in [0, 0.05) is 21.8 Å². The molecule has 0 saturated carbocycles. The van der Waals surface area contributed by atoms with Crippen molar-refractivity contribution in [1.82, 2.24) is 4.98 Å². The van der Waals surface area contributed by atoms with Gasteiger partial charge in [-0.1, -0.05) is 117 Å². The van der Waals surface area contributed by atoms with Crippen molar-refractivity contribution in [2.24, 2.45) is 0 Å². The Balaban J connectivity index is 1.10. The summed E-state index contributed by atoms with van der Waals surface area (Å²) in [7, 11) is 0. The van der Waals surface area contributed by atoms with Gasteiger partial charge in [-0.15, -0.1) is 0 Å². The molecule has 1 heterocycles. The number of aromatic nitrogens is 1. The number of rotatable bonds is 3. The quantitative estimate of drug-likeness (QED) is 0.141. The first-order valence-corrected chi connectivity index (χ1v) is 17.5. The maximum Gasteiger partial charge on any atom is 0.0991 e. The topological polar surface area (TPSA) is 36.7 Å². The lowest BCUT2D eigenvalue weighted by Gasteiger charge is -2.22. The Morgan fingerprint density at radius 2 is 1.04 bits per heavy atom. The molecule has 9 aromatic rings. The Bertz CT molecular complexity index is 2950. The van der Waals surface area contributed by atoms with Gasteiger partial charge in [-0.3, -0.25) is 0 Å². The highest BCUT2D eigenvalue weighted by atomic mass is 14.7. The van der Waals surface area contributed by atoms with E-state index in [0.717, 1.165) is 22.2 Å². The molecule has 0 fully saturated rings. The second-order valence-corrected chi connectivity index (χ2v) is 14.3. The molecule has 238 valence electrons. The molecule has 1 aliphatic carbocycles. The average molecular weight is 649 g/mol. The molecule has 0 bridgehead atoms. The van der Waals surface area contributed by atoms with Gasteiger partial charge in [0.15, 0.2) is 0 Å². The lowest BCUT2D eigenvalue weighted by molar-refractivity contribution is 0.660. The lowest BCUT2D eigenvalue weighted by atomic mass is 9.81. The van der Waals surface area contributed by atoms with Gasteiger partial charge < -0.3 is 0 Å². The van der Waals surface area contributed by atoms with Crippen LogP contribution in [0.3, 0.4) is 0 Å². The summed E-state index contributed by atoms with van der Waals surface area (Å²) >= 11 is 0. The summed E-state index contributed by atoms with van der Waals surface area (Å²) in [6, 6.07) is 59.2. The van der Waals surface area contributed by atoms with E-state index in [4.69, 9.17) is 4.98 Å². The number of nitrogens with zero attached hydrogens (tertiary/aromatic N) is 2. The first-order valence-electron chi connectivity index (χ1n) is 17.5. The predicted molar refractivity (Wildman–Crippen MR) is 213 cm³/mol. The minimum atomic E-state index is -0.182. The maximum absolute atomic E-state index is 9.55. The van der Waals surface area contributed by atoms with E-state index in [2.05, 4.69) is 172 Å². The average Bonchev–Trinajstić information content (AvgIpc) is 3.41. The van der Waals surface area contributed by atoms with Gasteiger partial charge in [0.1, 0.15) is 0 Å². The molecule has 0 aliphatic heterocycles. The molecule has 8 aromatic carbocycles. The van der Waals surface area contributed by atoms with Gasteiger partial charge in [-0.05, 0) is 126 Å². The van der Waals surface area contributed by atoms with Gasteiger partial charge in [0.2, 0.25) is 0 Å². The highest BCUT2D eigenvalue weighted by Gasteiger charge is 2.35. The summed E-state index contributed by atoms with van der Waals surface area (Å²) < 4.78 is 0. The van der Waals surface area contributed by atoms with Crippen LogP contribution in [0.5, 0.6) is 0 Å². The molecule has 1 aromatic heterocycles. The Labute approximate surface area is 296 Å². The van der Waals surface area contributed by atoms with Crippen LogP contribution < -0.4 is 0 Å². The number of hydrogen-bond acceptors (Lipinski definition) is 2. The van der Waals surface area contributed by atoms with Crippen molar-refractivity contribution in [3.63, 3.8) is 0 Å². The van der Waals surface area contributed by atoms with Crippen molar-refractivity contribution in [3.05, 3.63) is 174 Å². The van der Waals surface area contributed by atoms with Gasteiger partial charge in [0.25, 0.3) is 0 Å². The monoisotopic (exact) mass is 648 g/mol. The molecular formula is C49H32N2. The molecule has 2 heteroatoms. The zero-order chi connectivity index (χ0) is 34.3. The van der Waals surface area contributed by atoms with Gasteiger partial charge in [-0.2, -0.15) is 5.26 Å². The second-order valence-electron chi connectivity index (χ2n) is 14.3. The molecule has 0 unspecified atom stereocenters. The third-order valence-corrected chi connectivity index (χ3v) is 11.0. The molecular weight excluding hydrogens is 617 g/mol. The van der Waals surface area contributed by atoms with E-state index in [9.17, 15) is 5.26 Å². The number of benzene rings is 8. The fourth-order valence-corrected chi connectivity index (χ4v) is 8.29. The fraction of sp³-hybridized carbons (Fsp3) is 0.0612. The van der Waals surface area contributed by atoms with Crippen LogP contribution in [0.25, 0.3) is 87.9 Å². The molecule has 1 aliphatic rings. The van der Waals surface area contributed by atoms with Gasteiger partial charge in [-0.25, -0.2) is 4.98 Å². The molecule has 0 spiro atoms. The minimum absolute atomic E-state index is 0.182. The summed E-state index contributed by atoms with van der Waals surface area (Å²) in [5.74, 6) is 0. The van der Waals surface area contributed by atoms with E-state index in [0.29, 0.717) is 5.56 Å². The Morgan fingerprint density at radius 3 is 1.82 bits per heavy atom. The van der Waals surface area contributed by atoms with Gasteiger partial charge >= 0.3 is 0 Å². The summed E-state index contributed by atoms with van der Waals surface area (Å²) in [6.07, 6.45) is 0. The summed E-state index contributed by atoms with van der Waals surface area (Å²) in [5, 5.41) is 17.9. The standard InChI is InChI=1S/C49H32N2/c1-49(2)45-21-30(29-50)15-19-40(45)41-20-18-38(27-46(41)49)33-14-8-13-32(22-33)36-16-17-37-24-42-43-25-34-11-6-7-12-35(34)28-47(43)51-48(31-9-4-3-5-10-31)44(42)26-39(37)23-36/h3-28H,1-2H3. The van der Waals surface area contributed by atoms with E-state index in [-0.39, 0.29) is 5.41 Å². The largest absolute Gasteiger partial charge is 0.247 e. The van der Waals surface area contributed by atoms with E-state index in [1.165, 1.54) is 76.8 Å². The van der Waals surface area contributed by atoms with E-state index in [1.54, 1.807) is 0 Å². The van der Waals surface area contributed by atoms with Crippen LogP contribution in [-0.4, -0.2) is 4.98 Å². The van der Waals surface area contributed by atoms with Crippen LogP contribution >= 0.6 is 0 Å². The van der Waals surface area contributed by atoms with Crippen LogP contribution in [0.4, 0.5) is 0 Å². The van der Waals surface area contributed by atoms with Crippen molar-refractivity contribution in [2.45, 2.75) is 19.3 Å². The fourth-order valence-electron chi connectivity index (χ4n) is 8.29. The molecule has 10 rings (SSSR count). The molecule has 0 atom stereocenters. The normalized spacial score (nSPS) is 13.0. The lowest BCUT2D eigenvalue weighted by Crippen LogP contribution is -2.15. The minimum Gasteiger partial charge on any atom is -0.247 e. The zero-order valence-electron chi connectivity index (χ0n) is 28.4. The summed E-state index contributed by atoms with van der Waals surface area (Å²) in [4.78, 5) is 5.30. The first kappa shape index (κ1) is 29.4. The van der Waals surface area contributed by atoms with Crippen molar-refractivity contribution in [2.75, 3.05) is 0 Å². The second kappa shape index (κ2) is 11.0. The molecule has 0 N–H and O–H groups in total. The molecule has 0 radical (unpaired) electrons. The maximum atomic E-state index is 9.55.